The molecule has 7 heteroatoms. The first kappa shape index (κ1) is 23.7. The van der Waals surface area contributed by atoms with Gasteiger partial charge in [0.05, 0.1) is 29.0 Å². The molecule has 1 aliphatic carbocycles. The SMILES string of the molecule is C#C.CC.NC(=O)c1cnn2cc(-c3cccc4cnccc34)cc2c1N[C@@H]1CCC[C@@H]1F. The van der Waals surface area contributed by atoms with Gasteiger partial charge in [-0.3, -0.25) is 9.78 Å². The molecule has 1 amide bonds. The highest BCUT2D eigenvalue weighted by Gasteiger charge is 2.29. The van der Waals surface area contributed by atoms with E-state index in [2.05, 4.69) is 28.2 Å². The number of nitrogens with one attached hydrogen (secondary N) is 1. The Morgan fingerprint density at radius 1 is 1.21 bits per heavy atom. The molecular formula is C26H28FN5O. The number of terminal acetylenes is 1. The zero-order valence-corrected chi connectivity index (χ0v) is 18.8. The van der Waals surface area contributed by atoms with Crippen molar-refractivity contribution in [1.82, 2.24) is 14.6 Å². The van der Waals surface area contributed by atoms with Gasteiger partial charge in [-0.1, -0.05) is 32.0 Å². The van der Waals surface area contributed by atoms with Crippen LogP contribution in [0.3, 0.4) is 0 Å². The number of carbonyl (C=O) groups is 1. The summed E-state index contributed by atoms with van der Waals surface area (Å²) in [5.41, 5.74) is 9.06. The van der Waals surface area contributed by atoms with Crippen LogP contribution in [0, 0.1) is 12.8 Å². The fourth-order valence-electron chi connectivity index (χ4n) is 4.18. The topological polar surface area (TPSA) is 85.3 Å². The molecule has 1 aliphatic rings. The van der Waals surface area contributed by atoms with Crippen molar-refractivity contribution in [2.75, 3.05) is 5.32 Å². The molecule has 0 saturated heterocycles. The number of alkyl halides is 1. The molecule has 3 aromatic heterocycles. The second-order valence-corrected chi connectivity index (χ2v) is 7.46. The number of nitrogens with zero attached hydrogens (tertiary/aromatic N) is 3. The van der Waals surface area contributed by atoms with E-state index in [9.17, 15) is 9.18 Å². The van der Waals surface area contributed by atoms with Crippen LogP contribution in [0.25, 0.3) is 27.4 Å². The summed E-state index contributed by atoms with van der Waals surface area (Å²) >= 11 is 0. The lowest BCUT2D eigenvalue weighted by molar-refractivity contribution is 0.100. The second-order valence-electron chi connectivity index (χ2n) is 7.46. The average Bonchev–Trinajstić information content (AvgIpc) is 3.47. The first-order chi connectivity index (χ1) is 16.1. The van der Waals surface area contributed by atoms with E-state index in [1.54, 1.807) is 10.7 Å². The molecule has 0 unspecified atom stereocenters. The summed E-state index contributed by atoms with van der Waals surface area (Å²) in [6.45, 7) is 4.00. The lowest BCUT2D eigenvalue weighted by atomic mass is 10.0. The molecule has 170 valence electrons. The summed E-state index contributed by atoms with van der Waals surface area (Å²) in [7, 11) is 0. The first-order valence-corrected chi connectivity index (χ1v) is 11.0. The number of amides is 1. The molecule has 3 N–H and O–H groups in total. The van der Waals surface area contributed by atoms with Crippen LogP contribution in [-0.4, -0.2) is 32.7 Å². The number of halogens is 1. The van der Waals surface area contributed by atoms with Crippen LogP contribution in [0.5, 0.6) is 0 Å². The van der Waals surface area contributed by atoms with Gasteiger partial charge in [-0.2, -0.15) is 5.10 Å². The third-order valence-corrected chi connectivity index (χ3v) is 5.66. The van der Waals surface area contributed by atoms with Crippen molar-refractivity contribution < 1.29 is 9.18 Å². The summed E-state index contributed by atoms with van der Waals surface area (Å²) in [5.74, 6) is -0.588. The standard InChI is InChI=1S/C22H20FN5O.C2H6.C2H2/c23-18-5-2-6-19(18)27-21-17(22(24)29)11-26-28-12-14(9-20(21)28)15-4-1-3-13-10-25-8-7-16(13)15;2*1-2/h1,3-4,7-12,18-19,27H,2,5-6H2,(H2,24,29);1-2H3;1-2H/t18-,19+;;/m0../s1. The van der Waals surface area contributed by atoms with Crippen LogP contribution in [0.1, 0.15) is 43.5 Å². The molecule has 0 radical (unpaired) electrons. The van der Waals surface area contributed by atoms with E-state index in [1.807, 2.05) is 56.6 Å². The molecule has 0 spiro atoms. The maximum Gasteiger partial charge on any atom is 0.252 e. The van der Waals surface area contributed by atoms with Crippen molar-refractivity contribution in [3.05, 3.63) is 60.7 Å². The average molecular weight is 446 g/mol. The van der Waals surface area contributed by atoms with Crippen LogP contribution < -0.4 is 11.1 Å². The lowest BCUT2D eigenvalue weighted by Crippen LogP contribution is -2.27. The number of hydrogen-bond donors (Lipinski definition) is 2. The lowest BCUT2D eigenvalue weighted by Gasteiger charge is -2.19. The zero-order valence-electron chi connectivity index (χ0n) is 18.8. The van der Waals surface area contributed by atoms with E-state index in [0.717, 1.165) is 34.7 Å². The molecule has 3 heterocycles. The third-order valence-electron chi connectivity index (χ3n) is 5.66. The van der Waals surface area contributed by atoms with Crippen molar-refractivity contribution in [2.45, 2.75) is 45.3 Å². The van der Waals surface area contributed by atoms with E-state index in [-0.39, 0.29) is 11.6 Å². The molecule has 0 aliphatic heterocycles. The molecule has 5 rings (SSSR count). The monoisotopic (exact) mass is 445 g/mol. The zero-order chi connectivity index (χ0) is 24.0. The fraction of sp³-hybridized carbons (Fsp3) is 0.269. The number of pyridine rings is 1. The van der Waals surface area contributed by atoms with Crippen molar-refractivity contribution in [1.29, 1.82) is 0 Å². The predicted octanol–water partition coefficient (Wildman–Crippen LogP) is 5.23. The van der Waals surface area contributed by atoms with Crippen LogP contribution >= 0.6 is 0 Å². The summed E-state index contributed by atoms with van der Waals surface area (Å²) in [6.07, 6.45) is 16.1. The van der Waals surface area contributed by atoms with Gasteiger partial charge in [0, 0.05) is 29.5 Å². The Balaban J connectivity index is 0.000000728. The Hall–Kier alpha value is -3.92. The number of rotatable bonds is 4. The van der Waals surface area contributed by atoms with Crippen molar-refractivity contribution in [2.24, 2.45) is 5.73 Å². The molecule has 4 aromatic rings. The van der Waals surface area contributed by atoms with Crippen molar-refractivity contribution in [3.8, 4) is 24.0 Å². The van der Waals surface area contributed by atoms with E-state index >= 15 is 0 Å². The van der Waals surface area contributed by atoms with E-state index in [0.29, 0.717) is 17.6 Å². The van der Waals surface area contributed by atoms with E-state index in [1.165, 1.54) is 6.20 Å². The molecular weight excluding hydrogens is 417 g/mol. The normalized spacial score (nSPS) is 17.0. The van der Waals surface area contributed by atoms with Crippen molar-refractivity contribution in [3.63, 3.8) is 0 Å². The Morgan fingerprint density at radius 2 is 2.00 bits per heavy atom. The minimum atomic E-state index is -0.941. The Kier molecular flexibility index (Phi) is 7.62. The first-order valence-electron chi connectivity index (χ1n) is 11.0. The number of anilines is 1. The summed E-state index contributed by atoms with van der Waals surface area (Å²) in [6, 6.07) is 9.63. The number of hydrogen-bond acceptors (Lipinski definition) is 4. The number of carbonyl (C=O) groups excluding carboxylic acids is 1. The molecule has 2 atom stereocenters. The van der Waals surface area contributed by atoms with Gasteiger partial charge in [0.25, 0.3) is 5.91 Å². The van der Waals surface area contributed by atoms with Crippen LogP contribution in [-0.2, 0) is 0 Å². The van der Waals surface area contributed by atoms with E-state index < -0.39 is 12.1 Å². The maximum atomic E-state index is 14.2. The Bertz CT molecular complexity index is 1270. The van der Waals surface area contributed by atoms with E-state index in [4.69, 9.17) is 5.73 Å². The number of primary amides is 1. The quantitative estimate of drug-likeness (QED) is 0.422. The van der Waals surface area contributed by atoms with Crippen LogP contribution in [0.15, 0.2) is 55.1 Å². The molecule has 1 aromatic carbocycles. The molecule has 0 bridgehead atoms. The highest BCUT2D eigenvalue weighted by Crippen LogP contribution is 2.34. The molecule has 1 saturated carbocycles. The van der Waals surface area contributed by atoms with Crippen LogP contribution in [0.2, 0.25) is 0 Å². The van der Waals surface area contributed by atoms with Gasteiger partial charge in [-0.15, -0.1) is 12.8 Å². The van der Waals surface area contributed by atoms with Gasteiger partial charge in [0.1, 0.15) is 6.17 Å². The van der Waals surface area contributed by atoms with Gasteiger partial charge >= 0.3 is 0 Å². The minimum Gasteiger partial charge on any atom is -0.377 e. The Labute approximate surface area is 193 Å². The predicted molar refractivity (Wildman–Crippen MR) is 132 cm³/mol. The third kappa shape index (κ3) is 4.65. The molecule has 6 nitrogen and oxygen atoms in total. The van der Waals surface area contributed by atoms with Gasteiger partial charge in [0.15, 0.2) is 0 Å². The summed E-state index contributed by atoms with van der Waals surface area (Å²) < 4.78 is 15.9. The number of fused-ring (bicyclic) bond motifs is 2. The van der Waals surface area contributed by atoms with Crippen molar-refractivity contribution >= 4 is 27.9 Å². The van der Waals surface area contributed by atoms with Gasteiger partial charge < -0.3 is 11.1 Å². The number of aromatic nitrogens is 3. The molecule has 1 fully saturated rings. The van der Waals surface area contributed by atoms with Gasteiger partial charge in [0.2, 0.25) is 0 Å². The maximum absolute atomic E-state index is 14.2. The van der Waals surface area contributed by atoms with Crippen LogP contribution in [0.4, 0.5) is 10.1 Å². The Morgan fingerprint density at radius 3 is 2.70 bits per heavy atom. The number of benzene rings is 1. The number of nitrogens with two attached hydrogens (primary N) is 1. The smallest absolute Gasteiger partial charge is 0.252 e. The second kappa shape index (κ2) is 10.6. The van der Waals surface area contributed by atoms with Gasteiger partial charge in [-0.05, 0) is 42.3 Å². The largest absolute Gasteiger partial charge is 0.377 e. The summed E-state index contributed by atoms with van der Waals surface area (Å²) in [5, 5.41) is 9.70. The fourth-order valence-corrected chi connectivity index (χ4v) is 4.18. The highest BCUT2D eigenvalue weighted by atomic mass is 19.1. The highest BCUT2D eigenvalue weighted by molar-refractivity contribution is 6.03. The minimum absolute atomic E-state index is 0.267. The summed E-state index contributed by atoms with van der Waals surface area (Å²) in [4.78, 5) is 16.2. The molecule has 33 heavy (non-hydrogen) atoms. The van der Waals surface area contributed by atoms with Gasteiger partial charge in [-0.25, -0.2) is 8.91 Å².